The molecular formula is C35H47N2O11S3+. The van der Waals surface area contributed by atoms with Gasteiger partial charge in [0.15, 0.2) is 5.71 Å². The van der Waals surface area contributed by atoms with Crippen LogP contribution in [0, 0.1) is 6.92 Å². The number of carboxylic acid groups (broad SMARTS) is 1. The Balaban J connectivity index is 0.00000166. The summed E-state index contributed by atoms with van der Waals surface area (Å²) in [6.07, 6.45) is 10.5. The van der Waals surface area contributed by atoms with Gasteiger partial charge in [0.1, 0.15) is 6.54 Å². The molecule has 0 spiro atoms. The summed E-state index contributed by atoms with van der Waals surface area (Å²) in [6.45, 7) is 11.5. The van der Waals surface area contributed by atoms with Crippen LogP contribution >= 0.6 is 0 Å². The molecule has 0 radical (unpaired) electrons. The van der Waals surface area contributed by atoms with Gasteiger partial charge in [-0.2, -0.15) is 21.4 Å². The molecule has 1 atom stereocenters. The molecule has 0 saturated heterocycles. The summed E-state index contributed by atoms with van der Waals surface area (Å²) in [6, 6.07) is 10.9. The monoisotopic (exact) mass is 767 g/mol. The maximum absolute atomic E-state index is 12.0. The van der Waals surface area contributed by atoms with Crippen molar-refractivity contribution in [1.29, 1.82) is 0 Å². The summed E-state index contributed by atoms with van der Waals surface area (Å²) in [5, 5.41) is 9.10. The third kappa shape index (κ3) is 10.4. The van der Waals surface area contributed by atoms with Gasteiger partial charge in [0.25, 0.3) is 20.2 Å². The Morgan fingerprint density at radius 3 is 2.20 bits per heavy atom. The summed E-state index contributed by atoms with van der Waals surface area (Å²) in [4.78, 5) is 13.2. The topological polar surface area (TPSA) is 203 Å². The molecular weight excluding hydrogens is 721 g/mol. The van der Waals surface area contributed by atoms with Crippen LogP contribution in [0.1, 0.15) is 89.3 Å². The molecule has 1 unspecified atom stereocenters. The maximum atomic E-state index is 12.0. The third-order valence-electron chi connectivity index (χ3n) is 9.36. The maximum Gasteiger partial charge on any atom is 0.425 e. The minimum absolute atomic E-state index is 0.145. The molecule has 51 heavy (non-hydrogen) atoms. The lowest BCUT2D eigenvalue weighted by molar-refractivity contribution is -0.437. The van der Waals surface area contributed by atoms with Gasteiger partial charge in [-0.25, -0.2) is 0 Å². The van der Waals surface area contributed by atoms with Gasteiger partial charge in [-0.15, -0.1) is 12.6 Å². The minimum Gasteiger partial charge on any atom is -0.481 e. The zero-order chi connectivity index (χ0) is 38.4. The highest BCUT2D eigenvalue weighted by atomic mass is 32.2. The van der Waals surface area contributed by atoms with Gasteiger partial charge in [0.05, 0.1) is 16.1 Å². The second-order valence-electron chi connectivity index (χ2n) is 13.5. The lowest BCUT2D eigenvalue weighted by atomic mass is 9.76. The zero-order valence-electron chi connectivity index (χ0n) is 29.5. The first-order valence-electron chi connectivity index (χ1n) is 16.6. The van der Waals surface area contributed by atoms with E-state index in [-0.39, 0.29) is 29.7 Å². The SMILES string of the molecule is CCCN1C(=CC=CC2=[N+](CCCS(=O)(=O)O)c3ccc(S(=O)(=O)O)cc3C2(C)C)C(C)(CCCCCC(=O)O)c2cc(C)ccc21.O=S(=O)=O. The molecule has 2 aromatic carbocycles. The van der Waals surface area contributed by atoms with E-state index in [1.165, 1.54) is 23.3 Å². The van der Waals surface area contributed by atoms with Crippen LogP contribution in [0.4, 0.5) is 11.4 Å². The van der Waals surface area contributed by atoms with E-state index >= 15 is 0 Å². The molecule has 4 rings (SSSR count). The standard InChI is InChI=1S/C35H46N2O8S2.O3S/c1-6-20-36-30-17-15-25(2)23-28(30)35(5,19-9-7-8-14-33(38)39)32(36)13-10-12-31-34(3,4)27-24-26(47(43,44)45)16-18-29(27)37(31)21-11-22-46(40,41)42;1-4(2)3/h10,12-13,15-18,23-24H,6-9,11,14,19-22H2,1-5H3,(H2-,38,39,40,41,42,43,44,45);/p+1. The van der Waals surface area contributed by atoms with Gasteiger partial charge in [0.2, 0.25) is 5.69 Å². The van der Waals surface area contributed by atoms with E-state index in [0.717, 1.165) is 49.3 Å². The number of rotatable bonds is 15. The third-order valence-corrected chi connectivity index (χ3v) is 11.0. The number of unbranched alkanes of at least 4 members (excludes halogenated alkanes) is 2. The first-order chi connectivity index (χ1) is 23.6. The van der Waals surface area contributed by atoms with Crippen molar-refractivity contribution in [2.45, 2.75) is 95.3 Å². The van der Waals surface area contributed by atoms with Gasteiger partial charge in [-0.1, -0.05) is 43.5 Å². The van der Waals surface area contributed by atoms with Crippen molar-refractivity contribution in [3.63, 3.8) is 0 Å². The Bertz CT molecular complexity index is 2060. The van der Waals surface area contributed by atoms with Crippen molar-refractivity contribution in [2.75, 3.05) is 23.7 Å². The number of aryl methyl sites for hydroxylation is 1. The molecule has 0 aliphatic carbocycles. The molecule has 0 amide bonds. The molecule has 0 aromatic heterocycles. The highest BCUT2D eigenvalue weighted by molar-refractivity contribution is 7.86. The average Bonchev–Trinajstić information content (AvgIpc) is 3.35. The Morgan fingerprint density at radius 2 is 1.61 bits per heavy atom. The molecule has 3 N–H and O–H groups in total. The molecule has 16 heteroatoms. The number of fused-ring (bicyclic) bond motifs is 2. The van der Waals surface area contributed by atoms with Crippen molar-refractivity contribution in [3.05, 3.63) is 77.0 Å². The van der Waals surface area contributed by atoms with E-state index in [0.29, 0.717) is 17.7 Å². The molecule has 2 aromatic rings. The first kappa shape index (κ1) is 41.7. The van der Waals surface area contributed by atoms with Crippen LogP contribution in [0.3, 0.4) is 0 Å². The van der Waals surface area contributed by atoms with E-state index in [1.54, 1.807) is 6.07 Å². The molecule has 13 nitrogen and oxygen atoms in total. The van der Waals surface area contributed by atoms with Crippen LogP contribution < -0.4 is 4.90 Å². The van der Waals surface area contributed by atoms with E-state index in [4.69, 9.17) is 17.7 Å². The van der Waals surface area contributed by atoms with Crippen molar-refractivity contribution >= 4 is 53.9 Å². The lowest BCUT2D eigenvalue weighted by Gasteiger charge is -2.30. The van der Waals surface area contributed by atoms with Gasteiger partial charge in [-0.05, 0) is 76.8 Å². The number of hydrogen-bond donors (Lipinski definition) is 3. The predicted octanol–water partition coefficient (Wildman–Crippen LogP) is 5.55. The average molecular weight is 768 g/mol. The predicted molar refractivity (Wildman–Crippen MR) is 194 cm³/mol. The molecule has 2 heterocycles. The smallest absolute Gasteiger partial charge is 0.425 e. The molecule has 0 saturated carbocycles. The van der Waals surface area contributed by atoms with E-state index in [9.17, 15) is 30.7 Å². The van der Waals surface area contributed by atoms with Crippen molar-refractivity contribution in [2.24, 2.45) is 0 Å². The summed E-state index contributed by atoms with van der Waals surface area (Å²) in [7, 11) is -11.7. The fraction of sp³-hybridized carbons (Fsp3) is 0.486. The van der Waals surface area contributed by atoms with Gasteiger partial charge in [0, 0.05) is 53.9 Å². The van der Waals surface area contributed by atoms with Gasteiger partial charge in [-0.3, -0.25) is 13.9 Å². The van der Waals surface area contributed by atoms with Crippen LogP contribution in [-0.2, 0) is 46.5 Å². The summed E-state index contributed by atoms with van der Waals surface area (Å²) >= 11 is 0. The number of aliphatic carboxylic acids is 1. The largest absolute Gasteiger partial charge is 0.481 e. The van der Waals surface area contributed by atoms with Crippen LogP contribution in [0.2, 0.25) is 0 Å². The number of carboxylic acids is 1. The van der Waals surface area contributed by atoms with E-state index < -0.39 is 48.0 Å². The second-order valence-corrected chi connectivity index (χ2v) is 16.9. The number of anilines is 1. The van der Waals surface area contributed by atoms with Gasteiger partial charge < -0.3 is 10.0 Å². The van der Waals surface area contributed by atoms with E-state index in [1.807, 2.05) is 30.6 Å². The lowest BCUT2D eigenvalue weighted by Crippen LogP contribution is -2.29. The van der Waals surface area contributed by atoms with Crippen LogP contribution in [0.25, 0.3) is 0 Å². The Hall–Kier alpha value is -3.70. The normalized spacial score (nSPS) is 18.9. The molecule has 0 fully saturated rings. The fourth-order valence-electron chi connectivity index (χ4n) is 7.02. The highest BCUT2D eigenvalue weighted by Crippen LogP contribution is 2.51. The zero-order valence-corrected chi connectivity index (χ0v) is 31.9. The Kier molecular flexibility index (Phi) is 13.7. The quantitative estimate of drug-likeness (QED) is 0.116. The molecule has 2 aliphatic heterocycles. The summed E-state index contributed by atoms with van der Waals surface area (Å²) in [5.41, 5.74) is 5.89. The molecule has 2 aliphatic rings. The Morgan fingerprint density at radius 1 is 0.941 bits per heavy atom. The number of allylic oxidation sites excluding steroid dienone is 4. The number of carbonyl (C=O) groups is 1. The molecule has 0 bridgehead atoms. The summed E-state index contributed by atoms with van der Waals surface area (Å²) < 4.78 is 93.4. The first-order valence-corrected chi connectivity index (χ1v) is 20.7. The van der Waals surface area contributed by atoms with E-state index in [2.05, 4.69) is 49.9 Å². The number of hydrogen-bond acceptors (Lipinski definition) is 9. The highest BCUT2D eigenvalue weighted by Gasteiger charge is 2.46. The fourth-order valence-corrected chi connectivity index (χ4v) is 8.02. The number of benzene rings is 2. The Labute approximate surface area is 302 Å². The van der Waals surface area contributed by atoms with Crippen molar-refractivity contribution in [3.8, 4) is 0 Å². The molecule has 280 valence electrons. The van der Waals surface area contributed by atoms with Crippen LogP contribution in [0.15, 0.2) is 65.2 Å². The minimum atomic E-state index is -4.45. The van der Waals surface area contributed by atoms with Crippen LogP contribution in [0.5, 0.6) is 0 Å². The van der Waals surface area contributed by atoms with Gasteiger partial charge >= 0.3 is 16.6 Å². The van der Waals surface area contributed by atoms with Crippen LogP contribution in [-0.4, -0.2) is 78.8 Å². The second kappa shape index (κ2) is 16.8. The number of nitrogens with zero attached hydrogens (tertiary/aromatic N) is 2. The van der Waals surface area contributed by atoms with Crippen molar-refractivity contribution in [1.82, 2.24) is 0 Å². The van der Waals surface area contributed by atoms with Crippen molar-refractivity contribution < 1.29 is 53.0 Å². The summed E-state index contributed by atoms with van der Waals surface area (Å²) in [5.74, 6) is -1.20.